The first-order valence-electron chi connectivity index (χ1n) is 9.53. The van der Waals surface area contributed by atoms with Crippen LogP contribution >= 0.6 is 0 Å². The number of carbonyl (C=O) groups is 2. The summed E-state index contributed by atoms with van der Waals surface area (Å²) in [6.07, 6.45) is 0. The lowest BCUT2D eigenvalue weighted by molar-refractivity contribution is -0.120. The molecule has 1 aliphatic rings. The molecule has 0 bridgehead atoms. The number of amides is 1. The lowest BCUT2D eigenvalue weighted by Crippen LogP contribution is -2.52. The summed E-state index contributed by atoms with van der Waals surface area (Å²) >= 11 is 0. The molecule has 0 aliphatic carbocycles. The van der Waals surface area contributed by atoms with Gasteiger partial charge in [0.2, 0.25) is 5.91 Å². The van der Waals surface area contributed by atoms with Crippen molar-refractivity contribution in [3.05, 3.63) is 54.1 Å². The van der Waals surface area contributed by atoms with E-state index in [2.05, 4.69) is 21.2 Å². The van der Waals surface area contributed by atoms with Crippen molar-refractivity contribution in [1.29, 1.82) is 0 Å². The lowest BCUT2D eigenvalue weighted by atomic mass is 10.1. The number of nitrogens with zero attached hydrogens (tertiary/aromatic N) is 2. The molecule has 1 atom stereocenters. The van der Waals surface area contributed by atoms with Crippen LogP contribution in [0, 0.1) is 0 Å². The molecule has 1 N–H and O–H groups in total. The number of nitrogens with one attached hydrogen (secondary N) is 1. The van der Waals surface area contributed by atoms with E-state index in [1.54, 1.807) is 31.4 Å². The van der Waals surface area contributed by atoms with E-state index in [1.807, 2.05) is 25.1 Å². The minimum atomic E-state index is -0.242. The van der Waals surface area contributed by atoms with Crippen molar-refractivity contribution >= 4 is 23.1 Å². The number of ketones is 1. The third-order valence-electron chi connectivity index (χ3n) is 5.20. The largest absolute Gasteiger partial charge is 0.497 e. The van der Waals surface area contributed by atoms with Gasteiger partial charge in [0.1, 0.15) is 5.75 Å². The molecule has 3 rings (SSSR count). The summed E-state index contributed by atoms with van der Waals surface area (Å²) in [6.45, 7) is 6.75. The van der Waals surface area contributed by atoms with Gasteiger partial charge in [-0.25, -0.2) is 0 Å². The molecule has 6 heteroatoms. The molecule has 0 radical (unpaired) electrons. The summed E-state index contributed by atoms with van der Waals surface area (Å²) in [5.41, 5.74) is 2.38. The van der Waals surface area contributed by atoms with Crippen LogP contribution < -0.4 is 15.0 Å². The number of carbonyl (C=O) groups excluding carboxylic acids is 2. The second-order valence-electron chi connectivity index (χ2n) is 7.03. The molecule has 2 aromatic rings. The van der Waals surface area contributed by atoms with Crippen LogP contribution in [0.1, 0.15) is 24.2 Å². The number of hydrogen-bond donors (Lipinski definition) is 1. The van der Waals surface area contributed by atoms with Gasteiger partial charge in [-0.05, 0) is 38.1 Å². The molecule has 6 nitrogen and oxygen atoms in total. The van der Waals surface area contributed by atoms with Gasteiger partial charge in [-0.1, -0.05) is 18.2 Å². The van der Waals surface area contributed by atoms with Crippen molar-refractivity contribution in [3.63, 3.8) is 0 Å². The molecule has 1 amide bonds. The number of Topliss-reactive ketones (excluding diaryl/α,β-unsaturated/α-hetero) is 1. The van der Waals surface area contributed by atoms with Crippen LogP contribution in [-0.2, 0) is 4.79 Å². The van der Waals surface area contributed by atoms with Crippen LogP contribution in [0.3, 0.4) is 0 Å². The summed E-state index contributed by atoms with van der Waals surface area (Å²) in [7, 11) is 1.67. The van der Waals surface area contributed by atoms with Crippen molar-refractivity contribution in [2.75, 3.05) is 43.5 Å². The van der Waals surface area contributed by atoms with Crippen molar-refractivity contribution in [1.82, 2.24) is 4.90 Å². The molecule has 0 spiro atoms. The van der Waals surface area contributed by atoms with Gasteiger partial charge in [0.05, 0.1) is 13.2 Å². The minimum Gasteiger partial charge on any atom is -0.497 e. The topological polar surface area (TPSA) is 61.9 Å². The molecule has 148 valence electrons. The highest BCUT2D eigenvalue weighted by Gasteiger charge is 2.26. The van der Waals surface area contributed by atoms with Gasteiger partial charge in [-0.15, -0.1) is 0 Å². The van der Waals surface area contributed by atoms with Gasteiger partial charge < -0.3 is 15.0 Å². The Bertz CT molecular complexity index is 844. The van der Waals surface area contributed by atoms with Crippen LogP contribution in [0.5, 0.6) is 5.75 Å². The highest BCUT2D eigenvalue weighted by Crippen LogP contribution is 2.22. The molecule has 1 saturated heterocycles. The monoisotopic (exact) mass is 381 g/mol. The predicted molar refractivity (Wildman–Crippen MR) is 111 cm³/mol. The Balaban J connectivity index is 1.57. The van der Waals surface area contributed by atoms with Gasteiger partial charge in [0, 0.05) is 49.2 Å². The summed E-state index contributed by atoms with van der Waals surface area (Å²) < 4.78 is 5.31. The Morgan fingerprint density at radius 1 is 1.04 bits per heavy atom. The highest BCUT2D eigenvalue weighted by atomic mass is 16.5. The van der Waals surface area contributed by atoms with E-state index < -0.39 is 0 Å². The zero-order valence-corrected chi connectivity index (χ0v) is 16.6. The second-order valence-corrected chi connectivity index (χ2v) is 7.03. The second kappa shape index (κ2) is 8.89. The molecule has 0 unspecified atom stereocenters. The fraction of sp³-hybridized carbons (Fsp3) is 0.364. The maximum absolute atomic E-state index is 12.7. The van der Waals surface area contributed by atoms with Crippen LogP contribution in [0.25, 0.3) is 0 Å². The van der Waals surface area contributed by atoms with E-state index in [0.717, 1.165) is 37.6 Å². The van der Waals surface area contributed by atoms with Crippen LogP contribution in [-0.4, -0.2) is 55.9 Å². The number of rotatable bonds is 6. The molecule has 1 heterocycles. The summed E-state index contributed by atoms with van der Waals surface area (Å²) in [5, 5.41) is 2.93. The van der Waals surface area contributed by atoms with Gasteiger partial charge in [0.15, 0.2) is 5.78 Å². The van der Waals surface area contributed by atoms with E-state index >= 15 is 0 Å². The molecule has 1 fully saturated rings. The Hall–Kier alpha value is -2.86. The number of methoxy groups -OCH3 is 1. The molecule has 2 aromatic carbocycles. The van der Waals surface area contributed by atoms with Crippen molar-refractivity contribution in [2.45, 2.75) is 19.9 Å². The molecular formula is C22H27N3O3. The number of ether oxygens (including phenoxy) is 1. The van der Waals surface area contributed by atoms with Gasteiger partial charge in [-0.2, -0.15) is 0 Å². The predicted octanol–water partition coefficient (Wildman–Crippen LogP) is 3.05. The Kier molecular flexibility index (Phi) is 6.31. The quantitative estimate of drug-likeness (QED) is 0.780. The number of piperazine rings is 1. The summed E-state index contributed by atoms with van der Waals surface area (Å²) in [6, 6.07) is 14.9. The zero-order valence-electron chi connectivity index (χ0n) is 16.6. The third kappa shape index (κ3) is 4.70. The number of hydrogen-bond acceptors (Lipinski definition) is 5. The van der Waals surface area contributed by atoms with Gasteiger partial charge in [0.25, 0.3) is 0 Å². The van der Waals surface area contributed by atoms with Crippen molar-refractivity contribution in [3.8, 4) is 5.75 Å². The number of anilines is 2. The summed E-state index contributed by atoms with van der Waals surface area (Å²) in [5.74, 6) is 0.772. The van der Waals surface area contributed by atoms with E-state index in [1.165, 1.54) is 6.92 Å². The SMILES string of the molecule is COc1cccc(N2CCN([C@H](C)C(=O)Nc3cccc(C(C)=O)c3)CC2)c1. The third-order valence-corrected chi connectivity index (χ3v) is 5.20. The van der Waals surface area contributed by atoms with E-state index in [0.29, 0.717) is 11.3 Å². The first kappa shape index (κ1) is 19.9. The Labute approximate surface area is 166 Å². The smallest absolute Gasteiger partial charge is 0.241 e. The average Bonchev–Trinajstić information content (AvgIpc) is 2.73. The standard InChI is InChI=1S/C22H27N3O3/c1-16(22(27)23-19-7-4-6-18(14-19)17(2)26)24-10-12-25(13-11-24)20-8-5-9-21(15-20)28-3/h4-9,14-16H,10-13H2,1-3H3,(H,23,27)/t16-/m1/s1. The van der Waals surface area contributed by atoms with Gasteiger partial charge >= 0.3 is 0 Å². The zero-order chi connectivity index (χ0) is 20.1. The summed E-state index contributed by atoms with van der Waals surface area (Å²) in [4.78, 5) is 28.7. The Morgan fingerprint density at radius 2 is 1.75 bits per heavy atom. The Morgan fingerprint density at radius 3 is 2.43 bits per heavy atom. The molecule has 0 aromatic heterocycles. The van der Waals surface area contributed by atoms with E-state index in [9.17, 15) is 9.59 Å². The molecule has 1 aliphatic heterocycles. The first-order chi connectivity index (χ1) is 13.5. The highest BCUT2D eigenvalue weighted by molar-refractivity contribution is 5.98. The average molecular weight is 381 g/mol. The fourth-order valence-electron chi connectivity index (χ4n) is 3.40. The molecule has 0 saturated carbocycles. The lowest BCUT2D eigenvalue weighted by Gasteiger charge is -2.38. The van der Waals surface area contributed by atoms with Crippen LogP contribution in [0.2, 0.25) is 0 Å². The minimum absolute atomic E-state index is 0.0159. The first-order valence-corrected chi connectivity index (χ1v) is 9.53. The van der Waals surface area contributed by atoms with E-state index in [-0.39, 0.29) is 17.7 Å². The maximum atomic E-state index is 12.7. The van der Waals surface area contributed by atoms with Gasteiger partial charge in [-0.3, -0.25) is 14.5 Å². The molecule has 28 heavy (non-hydrogen) atoms. The van der Waals surface area contributed by atoms with Crippen molar-refractivity contribution in [2.24, 2.45) is 0 Å². The number of benzene rings is 2. The maximum Gasteiger partial charge on any atom is 0.241 e. The van der Waals surface area contributed by atoms with Crippen molar-refractivity contribution < 1.29 is 14.3 Å². The van der Waals surface area contributed by atoms with Crippen LogP contribution in [0.15, 0.2) is 48.5 Å². The fourth-order valence-corrected chi connectivity index (χ4v) is 3.40. The van der Waals surface area contributed by atoms with E-state index in [4.69, 9.17) is 4.74 Å². The molecular weight excluding hydrogens is 354 g/mol. The van der Waals surface area contributed by atoms with Crippen LogP contribution in [0.4, 0.5) is 11.4 Å². The normalized spacial score (nSPS) is 15.8.